The molecule has 12 rings (SSSR count). The lowest BCUT2D eigenvalue weighted by Crippen LogP contribution is -2.25. The van der Waals surface area contributed by atoms with Gasteiger partial charge in [-0.15, -0.1) is 0 Å². The Labute approximate surface area is 301 Å². The molecule has 0 unspecified atom stereocenters. The van der Waals surface area contributed by atoms with Gasteiger partial charge in [-0.1, -0.05) is 152 Å². The minimum Gasteiger partial charge on any atom is -0.455 e. The maximum absolute atomic E-state index is 6.65. The van der Waals surface area contributed by atoms with Crippen LogP contribution in [0.5, 0.6) is 0 Å². The molecule has 9 aromatic carbocycles. The van der Waals surface area contributed by atoms with Gasteiger partial charge in [0.2, 0.25) is 0 Å². The van der Waals surface area contributed by atoms with Crippen LogP contribution in [0.15, 0.2) is 186 Å². The predicted octanol–water partition coefficient (Wildman–Crippen LogP) is 13.6. The van der Waals surface area contributed by atoms with Gasteiger partial charge in [0.25, 0.3) is 0 Å². The third kappa shape index (κ3) is 3.52. The molecule has 10 aromatic rings. The summed E-state index contributed by atoms with van der Waals surface area (Å²) in [4.78, 5) is 0. The van der Waals surface area contributed by atoms with E-state index in [4.69, 9.17) is 4.42 Å². The molecule has 1 heterocycles. The molecule has 0 amide bonds. The van der Waals surface area contributed by atoms with E-state index in [1.165, 1.54) is 88.3 Å². The van der Waals surface area contributed by atoms with Crippen molar-refractivity contribution in [2.75, 3.05) is 0 Å². The number of hydrogen-bond donors (Lipinski definition) is 0. The molecule has 1 spiro atoms. The molecular weight excluding hydrogens is 629 g/mol. The summed E-state index contributed by atoms with van der Waals surface area (Å²) in [5, 5.41) is 7.19. The largest absolute Gasteiger partial charge is 0.455 e. The van der Waals surface area contributed by atoms with Crippen molar-refractivity contribution in [3.63, 3.8) is 0 Å². The van der Waals surface area contributed by atoms with Gasteiger partial charge < -0.3 is 4.42 Å². The molecule has 0 radical (unpaired) electrons. The van der Waals surface area contributed by atoms with E-state index in [0.717, 1.165) is 21.9 Å². The van der Waals surface area contributed by atoms with Crippen molar-refractivity contribution in [1.29, 1.82) is 0 Å². The number of hydrogen-bond acceptors (Lipinski definition) is 1. The highest BCUT2D eigenvalue weighted by molar-refractivity contribution is 6.19. The van der Waals surface area contributed by atoms with Gasteiger partial charge in [-0.05, 0) is 113 Å². The zero-order chi connectivity index (χ0) is 34.0. The fourth-order valence-electron chi connectivity index (χ4n) is 9.74. The molecule has 0 bridgehead atoms. The molecule has 0 atom stereocenters. The summed E-state index contributed by atoms with van der Waals surface area (Å²) in [5.74, 6) is 0. The van der Waals surface area contributed by atoms with Crippen LogP contribution in [0.25, 0.3) is 88.0 Å². The average Bonchev–Trinajstić information content (AvgIpc) is 3.84. The second-order valence-electron chi connectivity index (χ2n) is 14.3. The fraction of sp³-hybridized carbons (Fsp3) is 0.0196. The van der Waals surface area contributed by atoms with E-state index in [2.05, 4.69) is 182 Å². The van der Waals surface area contributed by atoms with Crippen LogP contribution in [0.4, 0.5) is 0 Å². The first-order chi connectivity index (χ1) is 25.8. The Hall–Kier alpha value is -6.70. The Morgan fingerprint density at radius 2 is 0.981 bits per heavy atom. The lowest BCUT2D eigenvalue weighted by Gasteiger charge is -2.31. The summed E-state index contributed by atoms with van der Waals surface area (Å²) < 4.78 is 6.65. The van der Waals surface area contributed by atoms with Gasteiger partial charge in [0.05, 0.1) is 5.41 Å². The Bertz CT molecular complexity index is 3080. The highest BCUT2D eigenvalue weighted by Crippen LogP contribution is 2.64. The topological polar surface area (TPSA) is 13.1 Å². The van der Waals surface area contributed by atoms with Gasteiger partial charge in [0, 0.05) is 16.2 Å². The quantitative estimate of drug-likeness (QED) is 0.180. The van der Waals surface area contributed by atoms with Crippen LogP contribution in [0, 0.1) is 0 Å². The van der Waals surface area contributed by atoms with Gasteiger partial charge in [0.15, 0.2) is 0 Å². The predicted molar refractivity (Wildman–Crippen MR) is 216 cm³/mol. The van der Waals surface area contributed by atoms with E-state index in [9.17, 15) is 0 Å². The van der Waals surface area contributed by atoms with Crippen molar-refractivity contribution in [1.82, 2.24) is 0 Å². The summed E-state index contributed by atoms with van der Waals surface area (Å²) in [6.45, 7) is 0. The Balaban J connectivity index is 1.18. The van der Waals surface area contributed by atoms with Crippen LogP contribution in [-0.4, -0.2) is 0 Å². The third-order valence-corrected chi connectivity index (χ3v) is 11.9. The zero-order valence-electron chi connectivity index (χ0n) is 28.2. The summed E-state index contributed by atoms with van der Waals surface area (Å²) >= 11 is 0. The zero-order valence-corrected chi connectivity index (χ0v) is 28.2. The molecule has 0 fully saturated rings. The number of furan rings is 1. The van der Waals surface area contributed by atoms with Crippen molar-refractivity contribution < 1.29 is 4.42 Å². The van der Waals surface area contributed by atoms with E-state index in [1.54, 1.807) is 0 Å². The maximum atomic E-state index is 6.65. The van der Waals surface area contributed by atoms with Gasteiger partial charge in [-0.25, -0.2) is 0 Å². The molecule has 2 aliphatic rings. The van der Waals surface area contributed by atoms with E-state index in [0.29, 0.717) is 0 Å². The van der Waals surface area contributed by atoms with Gasteiger partial charge in [0.1, 0.15) is 11.2 Å². The SMILES string of the molecule is c1ccc(-c2cccc3cc4c(cc23)-c2ccc(-c3cccc5oc6c7ccccc7ccc6c35)cc2C42c3ccccc3-c3ccccc32)cc1. The second-order valence-corrected chi connectivity index (χ2v) is 14.3. The summed E-state index contributed by atoms with van der Waals surface area (Å²) in [6, 6.07) is 67.3. The van der Waals surface area contributed by atoms with Crippen LogP contribution >= 0.6 is 0 Å². The monoisotopic (exact) mass is 658 g/mol. The highest BCUT2D eigenvalue weighted by Gasteiger charge is 2.51. The first-order valence-electron chi connectivity index (χ1n) is 18.1. The van der Waals surface area contributed by atoms with Crippen molar-refractivity contribution in [2.45, 2.75) is 5.41 Å². The van der Waals surface area contributed by atoms with Gasteiger partial charge in [-0.3, -0.25) is 0 Å². The summed E-state index contributed by atoms with van der Waals surface area (Å²) in [6.07, 6.45) is 0. The molecule has 0 saturated heterocycles. The molecule has 2 aliphatic carbocycles. The number of rotatable bonds is 2. The van der Waals surface area contributed by atoms with Crippen molar-refractivity contribution in [3.05, 3.63) is 204 Å². The molecule has 1 aromatic heterocycles. The van der Waals surface area contributed by atoms with Gasteiger partial charge >= 0.3 is 0 Å². The standard InChI is InChI=1S/C51H30O/c1-2-12-31(13-3-1)35-19-10-15-33-28-47-43(30-42(33)35)40-26-25-34(29-46(40)51(47)44-21-8-6-17-38(44)39-18-7-9-22-45(39)51)36-20-11-23-48-49(36)41-27-24-32-14-4-5-16-37(32)50(41)52-48/h1-30H. The molecule has 52 heavy (non-hydrogen) atoms. The summed E-state index contributed by atoms with van der Waals surface area (Å²) in [5.41, 5.74) is 16.9. The van der Waals surface area contributed by atoms with Crippen LogP contribution in [0.2, 0.25) is 0 Å². The normalized spacial score (nSPS) is 13.5. The second kappa shape index (κ2) is 10.2. The van der Waals surface area contributed by atoms with Crippen LogP contribution in [-0.2, 0) is 5.41 Å². The first-order valence-corrected chi connectivity index (χ1v) is 18.1. The Morgan fingerprint density at radius 3 is 1.83 bits per heavy atom. The molecular formula is C51H30O. The minimum absolute atomic E-state index is 0.451. The molecule has 0 N–H and O–H groups in total. The lowest BCUT2D eigenvalue weighted by atomic mass is 9.70. The van der Waals surface area contributed by atoms with Crippen molar-refractivity contribution in [3.8, 4) is 44.5 Å². The van der Waals surface area contributed by atoms with Crippen LogP contribution in [0.1, 0.15) is 22.3 Å². The average molecular weight is 659 g/mol. The molecule has 1 heteroatoms. The van der Waals surface area contributed by atoms with E-state index in [-0.39, 0.29) is 0 Å². The third-order valence-electron chi connectivity index (χ3n) is 11.9. The minimum atomic E-state index is -0.451. The first kappa shape index (κ1) is 28.0. The maximum Gasteiger partial charge on any atom is 0.143 e. The van der Waals surface area contributed by atoms with E-state index >= 15 is 0 Å². The Kier molecular flexibility index (Phi) is 5.49. The number of benzene rings is 9. The molecule has 0 saturated carbocycles. The van der Waals surface area contributed by atoms with Crippen molar-refractivity contribution in [2.24, 2.45) is 0 Å². The summed E-state index contributed by atoms with van der Waals surface area (Å²) in [7, 11) is 0. The van der Waals surface area contributed by atoms with Crippen molar-refractivity contribution >= 4 is 43.5 Å². The number of fused-ring (bicyclic) bond motifs is 16. The highest BCUT2D eigenvalue weighted by atomic mass is 16.3. The van der Waals surface area contributed by atoms with E-state index in [1.807, 2.05) is 0 Å². The smallest absolute Gasteiger partial charge is 0.143 e. The lowest BCUT2D eigenvalue weighted by molar-refractivity contribution is 0.673. The molecule has 1 nitrogen and oxygen atoms in total. The van der Waals surface area contributed by atoms with Gasteiger partial charge in [-0.2, -0.15) is 0 Å². The molecule has 240 valence electrons. The Morgan fingerprint density at radius 1 is 0.327 bits per heavy atom. The van der Waals surface area contributed by atoms with E-state index < -0.39 is 5.41 Å². The van der Waals surface area contributed by atoms with Crippen LogP contribution in [0.3, 0.4) is 0 Å². The molecule has 0 aliphatic heterocycles. The van der Waals surface area contributed by atoms with Crippen LogP contribution < -0.4 is 0 Å². The fourth-order valence-corrected chi connectivity index (χ4v) is 9.74.